The van der Waals surface area contributed by atoms with Crippen molar-refractivity contribution in [2.24, 2.45) is 0 Å². The van der Waals surface area contributed by atoms with Crippen molar-refractivity contribution in [3.63, 3.8) is 0 Å². The number of benzene rings is 4. The van der Waals surface area contributed by atoms with Gasteiger partial charge in [-0.05, 0) is 116 Å². The normalized spacial score (nSPS) is 11.3. The zero-order chi connectivity index (χ0) is 26.3. The number of halogens is 3. The smallest absolute Gasteiger partial charge is 0.187 e. The minimum absolute atomic E-state index is 0.0813. The Bertz CT molecular complexity index is 1440. The summed E-state index contributed by atoms with van der Waals surface area (Å²) in [5.41, 5.74) is 0. The van der Waals surface area contributed by atoms with Crippen molar-refractivity contribution >= 4 is 98.4 Å². The number of rotatable bonds is 12. The van der Waals surface area contributed by atoms with E-state index in [0.717, 1.165) is 18.6 Å². The van der Waals surface area contributed by atoms with Crippen molar-refractivity contribution in [3.05, 3.63) is 95.6 Å². The molecule has 38 heavy (non-hydrogen) atoms. The molecule has 0 amide bonds. The fourth-order valence-corrected chi connectivity index (χ4v) is 10.5. The van der Waals surface area contributed by atoms with Crippen LogP contribution in [0, 0.1) is 10.7 Å². The quantitative estimate of drug-likeness (QED) is 0.0714. The SMILES string of the molecule is Ic1cc(I)c(OCCOCCOCCOc2ccc(-[s+]3c4ccccc4c4ccccc43)cc2)c(I)c1. The highest BCUT2D eigenvalue weighted by Gasteiger charge is 2.22. The molecule has 8 heteroatoms. The van der Waals surface area contributed by atoms with Gasteiger partial charge in [0.1, 0.15) is 24.7 Å². The van der Waals surface area contributed by atoms with E-state index in [1.165, 1.54) is 28.6 Å². The predicted molar refractivity (Wildman–Crippen MR) is 182 cm³/mol. The van der Waals surface area contributed by atoms with Gasteiger partial charge >= 0.3 is 0 Å². The van der Waals surface area contributed by atoms with Crippen molar-refractivity contribution in [3.8, 4) is 16.4 Å². The highest BCUT2D eigenvalue weighted by Crippen LogP contribution is 2.48. The highest BCUT2D eigenvalue weighted by atomic mass is 127. The van der Waals surface area contributed by atoms with Gasteiger partial charge in [-0.1, -0.05) is 24.3 Å². The van der Waals surface area contributed by atoms with Crippen molar-refractivity contribution in [2.45, 2.75) is 0 Å². The number of thiophene rings is 1. The average molecular weight is 863 g/mol. The molecule has 5 rings (SSSR count). The van der Waals surface area contributed by atoms with E-state index in [0.29, 0.717) is 39.6 Å². The molecule has 0 aliphatic carbocycles. The first kappa shape index (κ1) is 28.3. The first-order valence-corrected chi connectivity index (χ1v) is 16.7. The summed E-state index contributed by atoms with van der Waals surface area (Å²) in [7, 11) is -0.0813. The minimum Gasteiger partial charge on any atom is -0.491 e. The van der Waals surface area contributed by atoms with Crippen LogP contribution in [-0.2, 0) is 9.47 Å². The molecule has 0 atom stereocenters. The zero-order valence-electron chi connectivity index (χ0n) is 20.5. The van der Waals surface area contributed by atoms with E-state index >= 15 is 0 Å². The second-order valence-electron chi connectivity index (χ2n) is 8.39. The average Bonchev–Trinajstić information content (AvgIpc) is 3.26. The Hall–Kier alpha value is -1.19. The molecule has 0 saturated carbocycles. The molecule has 0 N–H and O–H groups in total. The van der Waals surface area contributed by atoms with Crippen LogP contribution in [-0.4, -0.2) is 39.6 Å². The maximum Gasteiger partial charge on any atom is 0.187 e. The van der Waals surface area contributed by atoms with Gasteiger partial charge in [-0.2, -0.15) is 0 Å². The standard InChI is InChI=1S/C30H26I3O4S/c31-21-19-26(32)30(27(33)20-21)37-18-16-35-14-13-34-15-17-36-22-9-11-23(12-10-22)38-28-7-3-1-5-24(28)25-6-2-4-8-29(25)38/h1-12,19-20H,13-18H2/q+1. The molecule has 0 fully saturated rings. The molecule has 0 radical (unpaired) electrons. The van der Waals surface area contributed by atoms with Crippen LogP contribution in [0.4, 0.5) is 0 Å². The molecule has 0 aliphatic heterocycles. The van der Waals surface area contributed by atoms with Crippen molar-refractivity contribution < 1.29 is 18.9 Å². The van der Waals surface area contributed by atoms with Gasteiger partial charge in [0.05, 0.1) is 33.6 Å². The molecule has 1 aromatic heterocycles. The molecule has 196 valence electrons. The molecule has 4 nitrogen and oxygen atoms in total. The van der Waals surface area contributed by atoms with E-state index in [-0.39, 0.29) is 10.5 Å². The predicted octanol–water partition coefficient (Wildman–Crippen LogP) is 9.04. The lowest BCUT2D eigenvalue weighted by atomic mass is 10.2. The molecule has 0 aliphatic rings. The van der Waals surface area contributed by atoms with Gasteiger partial charge < -0.3 is 18.9 Å². The summed E-state index contributed by atoms with van der Waals surface area (Å²) < 4.78 is 29.3. The molecule has 4 aromatic carbocycles. The maximum absolute atomic E-state index is 5.90. The Labute approximate surface area is 266 Å². The van der Waals surface area contributed by atoms with E-state index in [1.807, 2.05) is 0 Å². The van der Waals surface area contributed by atoms with Gasteiger partial charge in [-0.15, -0.1) is 0 Å². The third-order valence-electron chi connectivity index (χ3n) is 5.87. The number of ether oxygens (including phenoxy) is 4. The lowest BCUT2D eigenvalue weighted by Crippen LogP contribution is -2.14. The molecular weight excluding hydrogens is 837 g/mol. The van der Waals surface area contributed by atoms with E-state index in [1.54, 1.807) is 0 Å². The number of fused-ring (bicyclic) bond motifs is 3. The van der Waals surface area contributed by atoms with Crippen molar-refractivity contribution in [2.75, 3.05) is 39.6 Å². The topological polar surface area (TPSA) is 36.9 Å². The molecule has 0 bridgehead atoms. The van der Waals surface area contributed by atoms with Crippen LogP contribution in [0.25, 0.3) is 25.1 Å². The van der Waals surface area contributed by atoms with Crippen LogP contribution < -0.4 is 9.47 Å². The maximum atomic E-state index is 5.90. The monoisotopic (exact) mass is 863 g/mol. The van der Waals surface area contributed by atoms with Gasteiger partial charge in [0, 0.05) is 36.9 Å². The van der Waals surface area contributed by atoms with Crippen LogP contribution in [0.1, 0.15) is 0 Å². The molecular formula is C30H26I3O4S+. The van der Waals surface area contributed by atoms with E-state index in [2.05, 4.69) is 153 Å². The lowest BCUT2D eigenvalue weighted by Gasteiger charge is -2.11. The van der Waals surface area contributed by atoms with Gasteiger partial charge in [-0.25, -0.2) is 0 Å². The second kappa shape index (κ2) is 13.9. The lowest BCUT2D eigenvalue weighted by molar-refractivity contribution is 0.0272. The summed E-state index contributed by atoms with van der Waals surface area (Å²) in [5.74, 6) is 1.78. The molecule has 5 aromatic rings. The Morgan fingerprint density at radius 1 is 0.553 bits per heavy atom. The molecule has 0 saturated heterocycles. The number of hydrogen-bond acceptors (Lipinski definition) is 4. The summed E-state index contributed by atoms with van der Waals surface area (Å²) in [6.07, 6.45) is 0. The summed E-state index contributed by atoms with van der Waals surface area (Å²) in [5, 5.41) is 2.69. The Kier molecular flexibility index (Phi) is 10.4. The van der Waals surface area contributed by atoms with Gasteiger partial charge in [0.25, 0.3) is 0 Å². The Morgan fingerprint density at radius 2 is 1.05 bits per heavy atom. The van der Waals surface area contributed by atoms with E-state index in [9.17, 15) is 0 Å². The van der Waals surface area contributed by atoms with Crippen LogP contribution in [0.15, 0.2) is 84.9 Å². The van der Waals surface area contributed by atoms with Gasteiger partial charge in [0.15, 0.2) is 14.3 Å². The third kappa shape index (κ3) is 6.92. The first-order chi connectivity index (χ1) is 18.6. The summed E-state index contributed by atoms with van der Waals surface area (Å²) in [6, 6.07) is 30.2. The molecule has 1 heterocycles. The molecule has 0 unspecified atom stereocenters. The fourth-order valence-electron chi connectivity index (χ4n) is 4.19. The van der Waals surface area contributed by atoms with Crippen LogP contribution >= 0.6 is 78.2 Å². The molecule has 0 spiro atoms. The van der Waals surface area contributed by atoms with E-state index in [4.69, 9.17) is 18.9 Å². The zero-order valence-corrected chi connectivity index (χ0v) is 27.8. The highest BCUT2D eigenvalue weighted by molar-refractivity contribution is 14.1. The fraction of sp³-hybridized carbons (Fsp3) is 0.200. The van der Waals surface area contributed by atoms with Crippen LogP contribution in [0.3, 0.4) is 0 Å². The number of hydrogen-bond donors (Lipinski definition) is 0. The van der Waals surface area contributed by atoms with Crippen molar-refractivity contribution in [1.29, 1.82) is 0 Å². The first-order valence-electron chi connectivity index (χ1n) is 12.2. The van der Waals surface area contributed by atoms with Gasteiger partial charge in [0.2, 0.25) is 0 Å². The van der Waals surface area contributed by atoms with E-state index < -0.39 is 0 Å². The van der Waals surface area contributed by atoms with Crippen LogP contribution in [0.2, 0.25) is 0 Å². The second-order valence-corrected chi connectivity index (χ2v) is 13.9. The Morgan fingerprint density at radius 3 is 1.63 bits per heavy atom. The van der Waals surface area contributed by atoms with Crippen molar-refractivity contribution in [1.82, 2.24) is 0 Å². The summed E-state index contributed by atoms with van der Waals surface area (Å²) in [6.45, 7) is 3.13. The van der Waals surface area contributed by atoms with Gasteiger partial charge in [-0.3, -0.25) is 0 Å². The summed E-state index contributed by atoms with van der Waals surface area (Å²) in [4.78, 5) is 1.30. The summed E-state index contributed by atoms with van der Waals surface area (Å²) >= 11 is 6.93. The largest absolute Gasteiger partial charge is 0.491 e. The Balaban J connectivity index is 1.03. The third-order valence-corrected chi connectivity index (χ3v) is 10.4. The van der Waals surface area contributed by atoms with Crippen LogP contribution in [0.5, 0.6) is 11.5 Å². The minimum atomic E-state index is -0.0813.